The van der Waals surface area contributed by atoms with Crippen molar-refractivity contribution < 1.29 is 14.2 Å². The van der Waals surface area contributed by atoms with Gasteiger partial charge in [-0.3, -0.25) is 4.52 Å². The highest BCUT2D eigenvalue weighted by Crippen LogP contribution is 2.23. The third-order valence-corrected chi connectivity index (χ3v) is 2.41. The molecule has 0 amide bonds. The molecule has 0 aliphatic carbocycles. The first-order valence-corrected chi connectivity index (χ1v) is 5.32. The summed E-state index contributed by atoms with van der Waals surface area (Å²) in [5.74, 6) is 2.69. The van der Waals surface area contributed by atoms with Crippen LogP contribution < -0.4 is 19.9 Å². The molecule has 0 aliphatic heterocycles. The number of rotatable bonds is 4. The predicted octanol–water partition coefficient (Wildman–Crippen LogP) is 0.507. The van der Waals surface area contributed by atoms with Crippen LogP contribution in [-0.2, 0) is 0 Å². The van der Waals surface area contributed by atoms with Gasteiger partial charge in [-0.1, -0.05) is 0 Å². The van der Waals surface area contributed by atoms with Gasteiger partial charge in [0.1, 0.15) is 11.5 Å². The quantitative estimate of drug-likeness (QED) is 0.740. The summed E-state index contributed by atoms with van der Waals surface area (Å²) in [5, 5.41) is 0. The van der Waals surface area contributed by atoms with E-state index in [9.17, 15) is 4.89 Å². The summed E-state index contributed by atoms with van der Waals surface area (Å²) >= 11 is 0. The molecule has 1 aromatic rings. The minimum Gasteiger partial charge on any atom is -0.595 e. The van der Waals surface area contributed by atoms with Crippen LogP contribution in [0.3, 0.4) is 0 Å². The van der Waals surface area contributed by atoms with Gasteiger partial charge in [0.2, 0.25) is 0 Å². The second-order valence-corrected chi connectivity index (χ2v) is 3.59. The van der Waals surface area contributed by atoms with Gasteiger partial charge in [-0.25, -0.2) is 0 Å². The molecule has 1 aromatic carbocycles. The van der Waals surface area contributed by atoms with Crippen LogP contribution in [-0.4, -0.2) is 19.5 Å². The average Bonchev–Trinajstić information content (AvgIpc) is 2.19. The predicted molar refractivity (Wildman–Crippen MR) is 55.7 cm³/mol. The van der Waals surface area contributed by atoms with E-state index in [4.69, 9.17) is 15.0 Å². The van der Waals surface area contributed by atoms with Gasteiger partial charge < -0.3 is 15.4 Å². The Morgan fingerprint density at radius 3 is 2.43 bits per heavy atom. The third kappa shape index (κ3) is 3.34. The van der Waals surface area contributed by atoms with Gasteiger partial charge in [0, 0.05) is 0 Å². The monoisotopic (exact) mass is 213 g/mol. The number of hydrogen-bond donors (Lipinski definition) is 1. The Morgan fingerprint density at radius 2 is 1.93 bits per heavy atom. The minimum absolute atomic E-state index is 0.241. The molecule has 0 aliphatic rings. The molecule has 0 saturated carbocycles. The van der Waals surface area contributed by atoms with E-state index in [-0.39, 0.29) is 6.54 Å². The van der Waals surface area contributed by atoms with Gasteiger partial charge in [-0.2, -0.15) is 0 Å². The standard InChI is InChI=1S/C9H12NO3P/c1-12-8-2-4-9(5-3-8)13-14(11)7-6-10/h2-5,7H,6,10H2,1H3. The molecule has 0 aromatic heterocycles. The Balaban J connectivity index is 2.64. The zero-order chi connectivity index (χ0) is 10.4. The summed E-state index contributed by atoms with van der Waals surface area (Å²) < 4.78 is 10.0. The normalized spacial score (nSPS) is 11.2. The molecule has 4 nitrogen and oxygen atoms in total. The number of methoxy groups -OCH3 is 1. The van der Waals surface area contributed by atoms with E-state index >= 15 is 0 Å². The van der Waals surface area contributed by atoms with E-state index in [0.717, 1.165) is 5.75 Å². The third-order valence-electron chi connectivity index (χ3n) is 1.51. The fourth-order valence-corrected chi connectivity index (χ4v) is 1.44. The second-order valence-electron chi connectivity index (χ2n) is 2.47. The molecular formula is C9H12NO3P. The van der Waals surface area contributed by atoms with Crippen LogP contribution in [0.2, 0.25) is 0 Å². The van der Waals surface area contributed by atoms with Crippen LogP contribution in [0.25, 0.3) is 0 Å². The summed E-state index contributed by atoms with van der Waals surface area (Å²) in [6, 6.07) is 6.86. The maximum Gasteiger partial charge on any atom is 0.274 e. The Bertz CT molecular complexity index is 310. The zero-order valence-electron chi connectivity index (χ0n) is 7.84. The van der Waals surface area contributed by atoms with E-state index in [0.29, 0.717) is 5.75 Å². The maximum absolute atomic E-state index is 11.1. The van der Waals surface area contributed by atoms with Crippen LogP contribution in [0.5, 0.6) is 11.5 Å². The molecule has 0 heterocycles. The number of hydrogen-bond acceptors (Lipinski definition) is 4. The van der Waals surface area contributed by atoms with Crippen molar-refractivity contribution in [2.45, 2.75) is 0 Å². The highest BCUT2D eigenvalue weighted by Gasteiger charge is 2.00. The van der Waals surface area contributed by atoms with Gasteiger partial charge in [0.15, 0.2) is 5.75 Å². The molecule has 76 valence electrons. The molecule has 0 bridgehead atoms. The number of benzene rings is 1. The first kappa shape index (κ1) is 11.0. The highest BCUT2D eigenvalue weighted by atomic mass is 31.1. The van der Waals surface area contributed by atoms with Crippen molar-refractivity contribution in [2.75, 3.05) is 13.7 Å². The Kier molecular flexibility index (Phi) is 4.40. The molecule has 1 atom stereocenters. The number of nitrogens with two attached hydrogens (primary N) is 1. The van der Waals surface area contributed by atoms with E-state index in [1.54, 1.807) is 31.4 Å². The van der Waals surface area contributed by atoms with Gasteiger partial charge in [0.25, 0.3) is 8.00 Å². The van der Waals surface area contributed by atoms with Crippen LogP contribution in [0.15, 0.2) is 24.3 Å². The number of ether oxygens (including phenoxy) is 1. The zero-order valence-corrected chi connectivity index (χ0v) is 8.74. The van der Waals surface area contributed by atoms with Gasteiger partial charge >= 0.3 is 0 Å². The summed E-state index contributed by atoms with van der Waals surface area (Å²) in [7, 11) is -0.230. The molecule has 2 N–H and O–H groups in total. The summed E-state index contributed by atoms with van der Waals surface area (Å²) in [4.78, 5) is 11.1. The van der Waals surface area contributed by atoms with Crippen LogP contribution in [0.1, 0.15) is 0 Å². The van der Waals surface area contributed by atoms with Crippen molar-refractivity contribution in [1.82, 2.24) is 0 Å². The molecule has 5 heteroatoms. The lowest BCUT2D eigenvalue weighted by molar-refractivity contribution is -0.165. The van der Waals surface area contributed by atoms with E-state index in [2.05, 4.69) is 0 Å². The first-order chi connectivity index (χ1) is 6.76. The minimum atomic E-state index is -1.81. The van der Waals surface area contributed by atoms with Gasteiger partial charge in [-0.05, 0) is 24.3 Å². The Labute approximate surface area is 83.8 Å². The highest BCUT2D eigenvalue weighted by molar-refractivity contribution is 7.45. The average molecular weight is 213 g/mol. The lowest BCUT2D eigenvalue weighted by Crippen LogP contribution is -2.04. The largest absolute Gasteiger partial charge is 0.595 e. The van der Waals surface area contributed by atoms with Crippen LogP contribution >= 0.6 is 8.00 Å². The fraction of sp³-hybridized carbons (Fsp3) is 0.222. The van der Waals surface area contributed by atoms with Crippen molar-refractivity contribution in [2.24, 2.45) is 5.73 Å². The lowest BCUT2D eigenvalue weighted by Gasteiger charge is -2.01. The fourth-order valence-electron chi connectivity index (χ4n) is 0.864. The molecule has 0 saturated heterocycles. The summed E-state index contributed by atoms with van der Waals surface area (Å²) in [6.07, 6.45) is 0. The smallest absolute Gasteiger partial charge is 0.274 e. The Hall–Kier alpha value is -1.09. The van der Waals surface area contributed by atoms with Crippen molar-refractivity contribution in [1.29, 1.82) is 0 Å². The topological polar surface area (TPSA) is 67.5 Å². The van der Waals surface area contributed by atoms with Gasteiger partial charge in [0.05, 0.1) is 13.7 Å². The summed E-state index contributed by atoms with van der Waals surface area (Å²) in [6.45, 7) is 0.241. The van der Waals surface area contributed by atoms with Crippen LogP contribution in [0.4, 0.5) is 0 Å². The molecular weight excluding hydrogens is 201 g/mol. The molecule has 1 unspecified atom stereocenters. The second kappa shape index (κ2) is 5.60. The summed E-state index contributed by atoms with van der Waals surface area (Å²) in [5.41, 5.74) is 5.19. The molecule has 14 heavy (non-hydrogen) atoms. The van der Waals surface area contributed by atoms with Crippen molar-refractivity contribution in [3.05, 3.63) is 24.3 Å². The van der Waals surface area contributed by atoms with E-state index < -0.39 is 8.00 Å². The van der Waals surface area contributed by atoms with Crippen molar-refractivity contribution in [3.8, 4) is 11.5 Å². The molecule has 0 fully saturated rings. The van der Waals surface area contributed by atoms with Crippen LogP contribution in [0, 0.1) is 0 Å². The van der Waals surface area contributed by atoms with Crippen molar-refractivity contribution >= 4 is 13.8 Å². The molecule has 0 radical (unpaired) electrons. The van der Waals surface area contributed by atoms with E-state index in [1.807, 2.05) is 0 Å². The van der Waals surface area contributed by atoms with Gasteiger partial charge in [-0.15, -0.1) is 0 Å². The maximum atomic E-state index is 11.1. The van der Waals surface area contributed by atoms with Crippen molar-refractivity contribution in [3.63, 3.8) is 0 Å². The molecule has 1 rings (SSSR count). The lowest BCUT2D eigenvalue weighted by atomic mass is 10.3. The van der Waals surface area contributed by atoms with E-state index in [1.165, 1.54) is 5.80 Å². The first-order valence-electron chi connectivity index (χ1n) is 4.08. The Morgan fingerprint density at radius 1 is 1.36 bits per heavy atom. The SMILES string of the molecule is COc1ccc(O/[P+]([O-])=C/CN)cc1. The molecule has 0 spiro atoms.